The van der Waals surface area contributed by atoms with E-state index in [0.717, 1.165) is 5.56 Å². The fraction of sp³-hybridized carbons (Fsp3) is 0.115. The maximum absolute atomic E-state index is 13.1. The molecule has 0 fully saturated rings. The third-order valence-electron chi connectivity index (χ3n) is 4.56. The molecular formula is C26H24N2O5. The second-order valence-corrected chi connectivity index (χ2v) is 7.21. The SMILES string of the molecule is COc1cc(C=C(NC(=O)c2ccccc2)C(=O)Nc2cccc(C)c2)ccc1OC(C)=O. The fourth-order valence-electron chi connectivity index (χ4n) is 3.04. The average molecular weight is 444 g/mol. The number of methoxy groups -OCH3 is 1. The Kier molecular flexibility index (Phi) is 7.60. The average Bonchev–Trinajstić information content (AvgIpc) is 2.79. The highest BCUT2D eigenvalue weighted by Crippen LogP contribution is 2.29. The van der Waals surface area contributed by atoms with Crippen molar-refractivity contribution in [1.82, 2.24) is 5.32 Å². The maximum atomic E-state index is 13.1. The summed E-state index contributed by atoms with van der Waals surface area (Å²) in [6, 6.07) is 20.7. The van der Waals surface area contributed by atoms with Crippen LogP contribution in [0.1, 0.15) is 28.4 Å². The van der Waals surface area contributed by atoms with Gasteiger partial charge in [-0.1, -0.05) is 36.4 Å². The number of hydrogen-bond donors (Lipinski definition) is 2. The molecule has 2 N–H and O–H groups in total. The van der Waals surface area contributed by atoms with Crippen molar-refractivity contribution in [3.8, 4) is 11.5 Å². The molecule has 0 aliphatic rings. The van der Waals surface area contributed by atoms with E-state index in [9.17, 15) is 14.4 Å². The maximum Gasteiger partial charge on any atom is 0.308 e. The van der Waals surface area contributed by atoms with Gasteiger partial charge in [-0.3, -0.25) is 14.4 Å². The lowest BCUT2D eigenvalue weighted by Crippen LogP contribution is -2.30. The van der Waals surface area contributed by atoms with Gasteiger partial charge in [0.25, 0.3) is 11.8 Å². The van der Waals surface area contributed by atoms with Gasteiger partial charge in [-0.25, -0.2) is 0 Å². The molecule has 3 aromatic carbocycles. The van der Waals surface area contributed by atoms with Crippen molar-refractivity contribution >= 4 is 29.5 Å². The molecule has 0 bridgehead atoms. The van der Waals surface area contributed by atoms with Crippen LogP contribution in [0.4, 0.5) is 5.69 Å². The minimum Gasteiger partial charge on any atom is -0.493 e. The zero-order valence-electron chi connectivity index (χ0n) is 18.5. The van der Waals surface area contributed by atoms with E-state index in [-0.39, 0.29) is 11.4 Å². The van der Waals surface area contributed by atoms with E-state index >= 15 is 0 Å². The minimum atomic E-state index is -0.493. The summed E-state index contributed by atoms with van der Waals surface area (Å²) in [5.74, 6) is -0.837. The van der Waals surface area contributed by atoms with Gasteiger partial charge in [0.15, 0.2) is 11.5 Å². The summed E-state index contributed by atoms with van der Waals surface area (Å²) in [7, 11) is 1.44. The van der Waals surface area contributed by atoms with Crippen molar-refractivity contribution in [3.05, 3.63) is 95.2 Å². The first-order valence-corrected chi connectivity index (χ1v) is 10.2. The Balaban J connectivity index is 1.94. The summed E-state index contributed by atoms with van der Waals surface area (Å²) in [4.78, 5) is 37.1. The predicted octanol–water partition coefficient (Wildman–Crippen LogP) is 4.34. The van der Waals surface area contributed by atoms with Crippen LogP contribution in [0.2, 0.25) is 0 Å². The highest BCUT2D eigenvalue weighted by atomic mass is 16.6. The molecule has 168 valence electrons. The van der Waals surface area contributed by atoms with Gasteiger partial charge in [0.05, 0.1) is 7.11 Å². The third kappa shape index (κ3) is 6.54. The molecule has 3 aromatic rings. The molecule has 2 amide bonds. The van der Waals surface area contributed by atoms with E-state index in [2.05, 4.69) is 10.6 Å². The second kappa shape index (κ2) is 10.8. The monoisotopic (exact) mass is 444 g/mol. The molecule has 0 aromatic heterocycles. The molecule has 3 rings (SSSR count). The summed E-state index contributed by atoms with van der Waals surface area (Å²) in [5.41, 5.74) is 2.59. The van der Waals surface area contributed by atoms with Gasteiger partial charge in [-0.2, -0.15) is 0 Å². The number of esters is 1. The number of amides is 2. The van der Waals surface area contributed by atoms with Crippen molar-refractivity contribution < 1.29 is 23.9 Å². The number of ether oxygens (including phenoxy) is 2. The van der Waals surface area contributed by atoms with Crippen LogP contribution < -0.4 is 20.1 Å². The fourth-order valence-corrected chi connectivity index (χ4v) is 3.04. The molecule has 0 aliphatic heterocycles. The number of rotatable bonds is 7. The lowest BCUT2D eigenvalue weighted by atomic mass is 10.1. The van der Waals surface area contributed by atoms with Crippen LogP contribution in [0, 0.1) is 6.92 Å². The first kappa shape index (κ1) is 23.3. The van der Waals surface area contributed by atoms with Crippen molar-refractivity contribution in [2.24, 2.45) is 0 Å². The normalized spacial score (nSPS) is 10.8. The molecule has 0 unspecified atom stereocenters. The van der Waals surface area contributed by atoms with Gasteiger partial charge in [-0.05, 0) is 60.5 Å². The van der Waals surface area contributed by atoms with Crippen LogP contribution in [0.25, 0.3) is 6.08 Å². The Hall–Kier alpha value is -4.39. The van der Waals surface area contributed by atoms with Crippen LogP contribution in [0.3, 0.4) is 0 Å². The van der Waals surface area contributed by atoms with Crippen LogP contribution in [-0.4, -0.2) is 24.9 Å². The molecule has 0 radical (unpaired) electrons. The lowest BCUT2D eigenvalue weighted by molar-refractivity contribution is -0.132. The topological polar surface area (TPSA) is 93.7 Å². The molecule has 0 atom stereocenters. The molecule has 0 saturated carbocycles. The summed E-state index contributed by atoms with van der Waals surface area (Å²) < 4.78 is 10.4. The van der Waals surface area contributed by atoms with Crippen molar-refractivity contribution in [3.63, 3.8) is 0 Å². The number of nitrogens with one attached hydrogen (secondary N) is 2. The number of benzene rings is 3. The van der Waals surface area contributed by atoms with Crippen molar-refractivity contribution in [2.75, 3.05) is 12.4 Å². The molecule has 7 nitrogen and oxygen atoms in total. The third-order valence-corrected chi connectivity index (χ3v) is 4.56. The summed E-state index contributed by atoms with van der Waals surface area (Å²) >= 11 is 0. The Morgan fingerprint density at radius 2 is 1.64 bits per heavy atom. The highest BCUT2D eigenvalue weighted by Gasteiger charge is 2.16. The first-order valence-electron chi connectivity index (χ1n) is 10.2. The molecule has 0 saturated heterocycles. The Morgan fingerprint density at radius 1 is 0.879 bits per heavy atom. The Bertz CT molecular complexity index is 1200. The first-order chi connectivity index (χ1) is 15.9. The van der Waals surface area contributed by atoms with E-state index in [4.69, 9.17) is 9.47 Å². The van der Waals surface area contributed by atoms with E-state index < -0.39 is 17.8 Å². The lowest BCUT2D eigenvalue weighted by Gasteiger charge is -2.13. The van der Waals surface area contributed by atoms with Crippen LogP contribution in [0.15, 0.2) is 78.5 Å². The van der Waals surface area contributed by atoms with Crippen molar-refractivity contribution in [1.29, 1.82) is 0 Å². The smallest absolute Gasteiger partial charge is 0.308 e. The van der Waals surface area contributed by atoms with Crippen LogP contribution in [-0.2, 0) is 9.59 Å². The summed E-state index contributed by atoms with van der Waals surface area (Å²) in [6.45, 7) is 3.21. The summed E-state index contributed by atoms with van der Waals surface area (Å²) in [5, 5.41) is 5.49. The number of carbonyl (C=O) groups excluding carboxylic acids is 3. The molecular weight excluding hydrogens is 420 g/mol. The molecule has 0 spiro atoms. The minimum absolute atomic E-state index is 0.0349. The number of hydrogen-bond acceptors (Lipinski definition) is 5. The standard InChI is InChI=1S/C26H24N2O5/c1-17-8-7-11-21(14-17)27-26(31)22(28-25(30)20-9-5-4-6-10-20)15-19-12-13-23(33-18(2)29)24(16-19)32-3/h4-16H,1-3H3,(H,27,31)(H,28,30). The van der Waals surface area contributed by atoms with E-state index in [1.54, 1.807) is 54.6 Å². The highest BCUT2D eigenvalue weighted by molar-refractivity contribution is 6.10. The number of anilines is 1. The van der Waals surface area contributed by atoms with E-state index in [1.807, 2.05) is 25.1 Å². The van der Waals surface area contributed by atoms with E-state index in [0.29, 0.717) is 22.6 Å². The number of aryl methyl sites for hydroxylation is 1. The van der Waals surface area contributed by atoms with Gasteiger partial charge >= 0.3 is 5.97 Å². The predicted molar refractivity (Wildman–Crippen MR) is 126 cm³/mol. The van der Waals surface area contributed by atoms with E-state index in [1.165, 1.54) is 20.1 Å². The Labute approximate surface area is 192 Å². The summed E-state index contributed by atoms with van der Waals surface area (Å²) in [6.07, 6.45) is 1.52. The van der Waals surface area contributed by atoms with Gasteiger partial charge in [-0.15, -0.1) is 0 Å². The number of carbonyl (C=O) groups is 3. The quantitative estimate of drug-likeness (QED) is 0.321. The van der Waals surface area contributed by atoms with Gasteiger partial charge < -0.3 is 20.1 Å². The zero-order chi connectivity index (χ0) is 23.8. The van der Waals surface area contributed by atoms with Gasteiger partial charge in [0.1, 0.15) is 5.70 Å². The van der Waals surface area contributed by atoms with Gasteiger partial charge in [0.2, 0.25) is 0 Å². The zero-order valence-corrected chi connectivity index (χ0v) is 18.5. The van der Waals surface area contributed by atoms with Gasteiger partial charge in [0, 0.05) is 18.2 Å². The van der Waals surface area contributed by atoms with Crippen LogP contribution in [0.5, 0.6) is 11.5 Å². The molecule has 0 heterocycles. The van der Waals surface area contributed by atoms with Crippen LogP contribution >= 0.6 is 0 Å². The van der Waals surface area contributed by atoms with Crippen molar-refractivity contribution in [2.45, 2.75) is 13.8 Å². The Morgan fingerprint density at radius 3 is 2.30 bits per heavy atom. The molecule has 0 aliphatic carbocycles. The largest absolute Gasteiger partial charge is 0.493 e. The molecule has 7 heteroatoms. The second-order valence-electron chi connectivity index (χ2n) is 7.21. The molecule has 33 heavy (non-hydrogen) atoms.